The Kier molecular flexibility index (Phi) is 3.57. The number of carboxylic acids is 1. The van der Waals surface area contributed by atoms with E-state index < -0.39 is 5.97 Å². The summed E-state index contributed by atoms with van der Waals surface area (Å²) in [6.07, 6.45) is 0.892. The first-order valence-electron chi connectivity index (χ1n) is 6.27. The second kappa shape index (κ2) is 4.98. The minimum absolute atomic E-state index is 0.271. The number of hydrogen-bond donors (Lipinski definition) is 1. The predicted molar refractivity (Wildman–Crippen MR) is 69.3 cm³/mol. The molecule has 0 amide bonds. The van der Waals surface area contributed by atoms with Gasteiger partial charge < -0.3 is 9.84 Å². The van der Waals surface area contributed by atoms with Gasteiger partial charge in [0.1, 0.15) is 11.3 Å². The number of likely N-dealkylation sites (N-methyl/N-ethyl adjacent to an activating group) is 1. The third-order valence-electron chi connectivity index (χ3n) is 3.62. The van der Waals surface area contributed by atoms with Gasteiger partial charge >= 0.3 is 5.97 Å². The SMILES string of the molecule is CCOc1cc2c(cc1C(=O)O)CCN(C)C2C. The zero-order chi connectivity index (χ0) is 13.3. The van der Waals surface area contributed by atoms with E-state index in [0.29, 0.717) is 18.4 Å². The number of ether oxygens (including phenoxy) is 1. The van der Waals surface area contributed by atoms with E-state index in [1.165, 1.54) is 5.56 Å². The maximum absolute atomic E-state index is 11.2. The predicted octanol–water partition coefficient (Wildman–Crippen LogP) is 2.33. The minimum Gasteiger partial charge on any atom is -0.493 e. The summed E-state index contributed by atoms with van der Waals surface area (Å²) in [6, 6.07) is 3.96. The average molecular weight is 249 g/mol. The summed E-state index contributed by atoms with van der Waals surface area (Å²) in [4.78, 5) is 13.5. The van der Waals surface area contributed by atoms with E-state index in [1.54, 1.807) is 6.07 Å². The lowest BCUT2D eigenvalue weighted by Gasteiger charge is -2.32. The number of carbonyl (C=O) groups is 1. The summed E-state index contributed by atoms with van der Waals surface area (Å²) in [7, 11) is 2.08. The molecule has 4 heteroatoms. The molecule has 0 aliphatic carbocycles. The molecular formula is C14H19NO3. The molecule has 1 unspecified atom stereocenters. The summed E-state index contributed by atoms with van der Waals surface area (Å²) >= 11 is 0. The first-order chi connectivity index (χ1) is 8.54. The first-order valence-corrected chi connectivity index (χ1v) is 6.27. The molecular weight excluding hydrogens is 230 g/mol. The molecule has 4 nitrogen and oxygen atoms in total. The molecule has 0 radical (unpaired) electrons. The first kappa shape index (κ1) is 12.9. The van der Waals surface area contributed by atoms with E-state index in [4.69, 9.17) is 4.74 Å². The van der Waals surface area contributed by atoms with Crippen LogP contribution in [-0.2, 0) is 6.42 Å². The number of nitrogens with zero attached hydrogens (tertiary/aromatic N) is 1. The van der Waals surface area contributed by atoms with E-state index in [1.807, 2.05) is 13.0 Å². The highest BCUT2D eigenvalue weighted by molar-refractivity contribution is 5.91. The Morgan fingerprint density at radius 1 is 1.56 bits per heavy atom. The van der Waals surface area contributed by atoms with Crippen LogP contribution in [0.2, 0.25) is 0 Å². The van der Waals surface area contributed by atoms with Crippen molar-refractivity contribution in [2.75, 3.05) is 20.2 Å². The van der Waals surface area contributed by atoms with Crippen LogP contribution in [0, 0.1) is 0 Å². The van der Waals surface area contributed by atoms with E-state index in [2.05, 4.69) is 18.9 Å². The molecule has 98 valence electrons. The van der Waals surface area contributed by atoms with Gasteiger partial charge in [-0.25, -0.2) is 4.79 Å². The fourth-order valence-electron chi connectivity index (χ4n) is 2.42. The summed E-state index contributed by atoms with van der Waals surface area (Å²) in [5, 5.41) is 9.22. The molecule has 1 aliphatic heterocycles. The van der Waals surface area contributed by atoms with E-state index >= 15 is 0 Å². The van der Waals surface area contributed by atoms with Crippen LogP contribution in [-0.4, -0.2) is 36.2 Å². The zero-order valence-corrected chi connectivity index (χ0v) is 11.1. The van der Waals surface area contributed by atoms with Gasteiger partial charge in [-0.05, 0) is 50.6 Å². The zero-order valence-electron chi connectivity index (χ0n) is 11.1. The van der Waals surface area contributed by atoms with E-state index in [9.17, 15) is 9.90 Å². The van der Waals surface area contributed by atoms with Crippen molar-refractivity contribution in [1.82, 2.24) is 4.90 Å². The van der Waals surface area contributed by atoms with Gasteiger partial charge in [0.2, 0.25) is 0 Å². The van der Waals surface area contributed by atoms with Crippen molar-refractivity contribution < 1.29 is 14.6 Å². The normalized spacial score (nSPS) is 19.4. The summed E-state index contributed by atoms with van der Waals surface area (Å²) in [5.41, 5.74) is 2.58. The van der Waals surface area contributed by atoms with Crippen molar-refractivity contribution in [1.29, 1.82) is 0 Å². The van der Waals surface area contributed by atoms with Crippen LogP contribution in [0.3, 0.4) is 0 Å². The average Bonchev–Trinajstić information content (AvgIpc) is 2.34. The van der Waals surface area contributed by atoms with Crippen molar-refractivity contribution in [2.45, 2.75) is 26.3 Å². The van der Waals surface area contributed by atoms with Crippen molar-refractivity contribution >= 4 is 5.97 Å². The number of fused-ring (bicyclic) bond motifs is 1. The molecule has 1 aromatic rings. The Labute approximate surface area is 107 Å². The minimum atomic E-state index is -0.923. The fraction of sp³-hybridized carbons (Fsp3) is 0.500. The van der Waals surface area contributed by atoms with Gasteiger partial charge in [0.15, 0.2) is 0 Å². The molecule has 0 saturated heterocycles. The molecule has 1 aliphatic rings. The molecule has 18 heavy (non-hydrogen) atoms. The Morgan fingerprint density at radius 2 is 2.28 bits per heavy atom. The van der Waals surface area contributed by atoms with Crippen molar-refractivity contribution in [3.63, 3.8) is 0 Å². The van der Waals surface area contributed by atoms with Crippen LogP contribution >= 0.6 is 0 Å². The van der Waals surface area contributed by atoms with Gasteiger partial charge in [-0.2, -0.15) is 0 Å². The molecule has 2 rings (SSSR count). The molecule has 1 aromatic carbocycles. The second-order valence-electron chi connectivity index (χ2n) is 4.69. The number of rotatable bonds is 3. The Morgan fingerprint density at radius 3 is 2.89 bits per heavy atom. The number of hydrogen-bond acceptors (Lipinski definition) is 3. The molecule has 0 fully saturated rings. The van der Waals surface area contributed by atoms with Crippen molar-refractivity contribution in [3.8, 4) is 5.75 Å². The Hall–Kier alpha value is -1.55. The largest absolute Gasteiger partial charge is 0.493 e. The number of aromatic carboxylic acids is 1. The second-order valence-corrected chi connectivity index (χ2v) is 4.69. The van der Waals surface area contributed by atoms with Crippen molar-refractivity contribution in [2.24, 2.45) is 0 Å². The monoisotopic (exact) mass is 249 g/mol. The van der Waals surface area contributed by atoms with Gasteiger partial charge in [-0.1, -0.05) is 0 Å². The quantitative estimate of drug-likeness (QED) is 0.893. The third-order valence-corrected chi connectivity index (χ3v) is 3.62. The van der Waals surface area contributed by atoms with Crippen LogP contribution in [0.15, 0.2) is 12.1 Å². The molecule has 1 N–H and O–H groups in total. The fourth-order valence-corrected chi connectivity index (χ4v) is 2.42. The maximum atomic E-state index is 11.2. The standard InChI is InChI=1S/C14H19NO3/c1-4-18-13-8-11-9(2)15(3)6-5-10(11)7-12(13)14(16)17/h7-9H,4-6H2,1-3H3,(H,16,17). The topological polar surface area (TPSA) is 49.8 Å². The molecule has 0 aromatic heterocycles. The summed E-state index contributed by atoms with van der Waals surface area (Å²) in [5.74, 6) is -0.446. The van der Waals surface area contributed by atoms with Crippen LogP contribution in [0.1, 0.15) is 41.4 Å². The van der Waals surface area contributed by atoms with Crippen LogP contribution in [0.4, 0.5) is 0 Å². The highest BCUT2D eigenvalue weighted by Crippen LogP contribution is 2.33. The van der Waals surface area contributed by atoms with E-state index in [-0.39, 0.29) is 5.56 Å². The molecule has 0 bridgehead atoms. The van der Waals surface area contributed by atoms with Crippen LogP contribution in [0.25, 0.3) is 0 Å². The maximum Gasteiger partial charge on any atom is 0.339 e. The lowest BCUT2D eigenvalue weighted by Crippen LogP contribution is -2.30. The van der Waals surface area contributed by atoms with Gasteiger partial charge in [0, 0.05) is 12.6 Å². The van der Waals surface area contributed by atoms with Crippen LogP contribution in [0.5, 0.6) is 5.75 Å². The van der Waals surface area contributed by atoms with Gasteiger partial charge in [-0.3, -0.25) is 4.90 Å². The van der Waals surface area contributed by atoms with Gasteiger partial charge in [0.25, 0.3) is 0 Å². The Balaban J connectivity index is 2.51. The lowest BCUT2D eigenvalue weighted by molar-refractivity contribution is 0.0692. The van der Waals surface area contributed by atoms with Crippen molar-refractivity contribution in [3.05, 3.63) is 28.8 Å². The van der Waals surface area contributed by atoms with Gasteiger partial charge in [-0.15, -0.1) is 0 Å². The molecule has 1 atom stereocenters. The third kappa shape index (κ3) is 2.20. The number of carboxylic acid groups (broad SMARTS) is 1. The smallest absolute Gasteiger partial charge is 0.339 e. The summed E-state index contributed by atoms with van der Waals surface area (Å²) < 4.78 is 5.45. The van der Waals surface area contributed by atoms with E-state index in [0.717, 1.165) is 18.5 Å². The highest BCUT2D eigenvalue weighted by atomic mass is 16.5. The molecule has 0 saturated carbocycles. The van der Waals surface area contributed by atoms with Gasteiger partial charge in [0.05, 0.1) is 6.61 Å². The number of benzene rings is 1. The summed E-state index contributed by atoms with van der Waals surface area (Å²) in [6.45, 7) is 5.43. The van der Waals surface area contributed by atoms with Crippen LogP contribution < -0.4 is 4.74 Å². The Bertz CT molecular complexity index is 470. The molecule has 1 heterocycles. The lowest BCUT2D eigenvalue weighted by atomic mass is 9.91. The highest BCUT2D eigenvalue weighted by Gasteiger charge is 2.24. The molecule has 0 spiro atoms.